The third-order valence-electron chi connectivity index (χ3n) is 1.73. The molecule has 0 aliphatic heterocycles. The van der Waals surface area contributed by atoms with E-state index in [1.54, 1.807) is 12.3 Å². The number of aromatic nitrogens is 4. The molecule has 0 aliphatic carbocycles. The molecule has 15 heavy (non-hydrogen) atoms. The molecule has 0 radical (unpaired) electrons. The Labute approximate surface area is 84.3 Å². The number of aliphatic carboxylic acids is 1. The van der Waals surface area contributed by atoms with E-state index in [1.807, 2.05) is 0 Å². The fourth-order valence-electron chi connectivity index (χ4n) is 1.14. The van der Waals surface area contributed by atoms with Crippen LogP contribution in [0.4, 0.5) is 0 Å². The highest BCUT2D eigenvalue weighted by Crippen LogP contribution is 2.01. The number of nitrogens with zero attached hydrogens (tertiary/aromatic N) is 4. The molecule has 0 bridgehead atoms. The lowest BCUT2D eigenvalue weighted by Crippen LogP contribution is -2.00. The van der Waals surface area contributed by atoms with Crippen molar-refractivity contribution in [3.05, 3.63) is 29.9 Å². The van der Waals surface area contributed by atoms with Crippen LogP contribution in [-0.2, 0) is 17.8 Å². The molecule has 0 amide bonds. The van der Waals surface area contributed by atoms with E-state index in [-0.39, 0.29) is 6.42 Å². The topological polar surface area (TPSA) is 94.0 Å². The smallest absolute Gasteiger partial charge is 0.309 e. The van der Waals surface area contributed by atoms with Crippen LogP contribution in [0, 0.1) is 0 Å². The summed E-state index contributed by atoms with van der Waals surface area (Å²) in [6, 6.07) is 1.71. The van der Waals surface area contributed by atoms with E-state index in [1.165, 1.54) is 10.9 Å². The number of hydrogen-bond acceptors (Lipinski definition) is 5. The fourth-order valence-corrected chi connectivity index (χ4v) is 1.14. The summed E-state index contributed by atoms with van der Waals surface area (Å²) in [5, 5.41) is 19.5. The molecule has 0 aliphatic rings. The number of carboxylic acid groups (broad SMARTS) is 1. The molecule has 7 nitrogen and oxygen atoms in total. The molecule has 1 N–H and O–H groups in total. The van der Waals surface area contributed by atoms with Crippen LogP contribution in [0.2, 0.25) is 0 Å². The van der Waals surface area contributed by atoms with Crippen molar-refractivity contribution in [3.63, 3.8) is 0 Å². The van der Waals surface area contributed by atoms with Gasteiger partial charge in [-0.15, -0.1) is 5.10 Å². The Balaban J connectivity index is 2.04. The highest BCUT2D eigenvalue weighted by molar-refractivity contribution is 5.69. The van der Waals surface area contributed by atoms with Gasteiger partial charge in [0.05, 0.1) is 18.3 Å². The molecule has 2 aromatic heterocycles. The Morgan fingerprint density at radius 1 is 1.60 bits per heavy atom. The molecule has 0 atom stereocenters. The molecule has 0 saturated heterocycles. The van der Waals surface area contributed by atoms with Gasteiger partial charge >= 0.3 is 5.97 Å². The van der Waals surface area contributed by atoms with E-state index in [0.29, 0.717) is 18.0 Å². The highest BCUT2D eigenvalue weighted by Gasteiger charge is 2.06. The Hall–Kier alpha value is -2.18. The van der Waals surface area contributed by atoms with Crippen LogP contribution in [0.15, 0.2) is 23.0 Å². The van der Waals surface area contributed by atoms with Crippen LogP contribution in [0.5, 0.6) is 0 Å². The monoisotopic (exact) mass is 208 g/mol. The second kappa shape index (κ2) is 3.91. The van der Waals surface area contributed by atoms with E-state index in [4.69, 9.17) is 9.63 Å². The van der Waals surface area contributed by atoms with Gasteiger partial charge in [0.1, 0.15) is 6.54 Å². The summed E-state index contributed by atoms with van der Waals surface area (Å²) in [7, 11) is 0. The maximum absolute atomic E-state index is 10.4. The Morgan fingerprint density at radius 2 is 2.47 bits per heavy atom. The molecule has 0 unspecified atom stereocenters. The number of hydrogen-bond donors (Lipinski definition) is 1. The third-order valence-corrected chi connectivity index (χ3v) is 1.73. The molecule has 7 heteroatoms. The minimum Gasteiger partial charge on any atom is -0.481 e. The van der Waals surface area contributed by atoms with Crippen molar-refractivity contribution in [2.75, 3.05) is 0 Å². The first-order valence-corrected chi connectivity index (χ1v) is 4.24. The lowest BCUT2D eigenvalue weighted by molar-refractivity contribution is -0.136. The number of carboxylic acids is 1. The minimum absolute atomic E-state index is 0.129. The molecule has 0 aromatic carbocycles. The lowest BCUT2D eigenvalue weighted by Gasteiger charge is -1.92. The first-order valence-electron chi connectivity index (χ1n) is 4.24. The zero-order chi connectivity index (χ0) is 10.7. The van der Waals surface area contributed by atoms with Crippen molar-refractivity contribution in [1.82, 2.24) is 20.2 Å². The van der Waals surface area contributed by atoms with Gasteiger partial charge in [-0.05, 0) is 0 Å². The third kappa shape index (κ3) is 2.39. The van der Waals surface area contributed by atoms with Crippen molar-refractivity contribution in [1.29, 1.82) is 0 Å². The largest absolute Gasteiger partial charge is 0.481 e. The van der Waals surface area contributed by atoms with Crippen molar-refractivity contribution in [2.24, 2.45) is 0 Å². The van der Waals surface area contributed by atoms with Crippen LogP contribution in [-0.4, -0.2) is 31.2 Å². The molecule has 2 aromatic rings. The maximum atomic E-state index is 10.4. The molecule has 2 heterocycles. The highest BCUT2D eigenvalue weighted by atomic mass is 16.5. The molecule has 0 saturated carbocycles. The number of carbonyl (C=O) groups is 1. The second-order valence-corrected chi connectivity index (χ2v) is 2.96. The zero-order valence-corrected chi connectivity index (χ0v) is 7.70. The average Bonchev–Trinajstić information content (AvgIpc) is 2.77. The van der Waals surface area contributed by atoms with Gasteiger partial charge in [-0.3, -0.25) is 4.79 Å². The van der Waals surface area contributed by atoms with Gasteiger partial charge in [-0.2, -0.15) is 0 Å². The van der Waals surface area contributed by atoms with E-state index in [2.05, 4.69) is 15.5 Å². The molecule has 2 rings (SSSR count). The lowest BCUT2D eigenvalue weighted by atomic mass is 10.3. The van der Waals surface area contributed by atoms with Crippen LogP contribution >= 0.6 is 0 Å². The molecule has 78 valence electrons. The number of rotatable bonds is 4. The summed E-state index contributed by atoms with van der Waals surface area (Å²) in [5.41, 5.74) is 0.419. The molecular weight excluding hydrogens is 200 g/mol. The fraction of sp³-hybridized carbons (Fsp3) is 0.250. The van der Waals surface area contributed by atoms with Gasteiger partial charge in [-0.25, -0.2) is 4.68 Å². The predicted molar refractivity (Wildman–Crippen MR) is 47.0 cm³/mol. The van der Waals surface area contributed by atoms with E-state index < -0.39 is 5.97 Å². The van der Waals surface area contributed by atoms with Crippen LogP contribution in [0.25, 0.3) is 0 Å². The summed E-state index contributed by atoms with van der Waals surface area (Å²) >= 11 is 0. The molecular formula is C8H8N4O3. The van der Waals surface area contributed by atoms with Crippen molar-refractivity contribution in [2.45, 2.75) is 13.0 Å². The van der Waals surface area contributed by atoms with Crippen LogP contribution in [0.3, 0.4) is 0 Å². The second-order valence-electron chi connectivity index (χ2n) is 2.96. The zero-order valence-electron chi connectivity index (χ0n) is 7.70. The van der Waals surface area contributed by atoms with Crippen molar-refractivity contribution < 1.29 is 14.4 Å². The Morgan fingerprint density at radius 3 is 3.13 bits per heavy atom. The van der Waals surface area contributed by atoms with E-state index >= 15 is 0 Å². The molecule has 0 fully saturated rings. The summed E-state index contributed by atoms with van der Waals surface area (Å²) in [6.07, 6.45) is 2.97. The summed E-state index contributed by atoms with van der Waals surface area (Å²) in [5.74, 6) is -0.288. The summed E-state index contributed by atoms with van der Waals surface area (Å²) < 4.78 is 6.37. The van der Waals surface area contributed by atoms with Crippen molar-refractivity contribution in [3.8, 4) is 0 Å². The Bertz CT molecular complexity index is 448. The van der Waals surface area contributed by atoms with Gasteiger partial charge in [0.15, 0.2) is 5.76 Å². The predicted octanol–water partition coefficient (Wildman–Crippen LogP) is -0.0585. The normalized spacial score (nSPS) is 10.4. The first-order chi connectivity index (χ1) is 7.24. The summed E-state index contributed by atoms with van der Waals surface area (Å²) in [6.45, 7) is 0.395. The van der Waals surface area contributed by atoms with Gasteiger partial charge in [-0.1, -0.05) is 10.4 Å². The van der Waals surface area contributed by atoms with Gasteiger partial charge in [0.25, 0.3) is 0 Å². The SMILES string of the molecule is O=C(O)Cc1cn(Cc2ccno2)nn1. The van der Waals surface area contributed by atoms with E-state index in [9.17, 15) is 4.79 Å². The van der Waals surface area contributed by atoms with Crippen molar-refractivity contribution >= 4 is 5.97 Å². The van der Waals surface area contributed by atoms with Gasteiger partial charge < -0.3 is 9.63 Å². The van der Waals surface area contributed by atoms with Crippen LogP contribution in [0.1, 0.15) is 11.5 Å². The minimum atomic E-state index is -0.929. The maximum Gasteiger partial charge on any atom is 0.309 e. The first kappa shape index (κ1) is 9.38. The molecule has 0 spiro atoms. The average molecular weight is 208 g/mol. The van der Waals surface area contributed by atoms with Gasteiger partial charge in [0.2, 0.25) is 0 Å². The summed E-state index contributed by atoms with van der Waals surface area (Å²) in [4.78, 5) is 10.4. The van der Waals surface area contributed by atoms with E-state index in [0.717, 1.165) is 0 Å². The van der Waals surface area contributed by atoms with Gasteiger partial charge in [0, 0.05) is 12.3 Å². The standard InChI is InChI=1S/C8H8N4O3/c13-8(14)3-6-4-12(11-10-6)5-7-1-2-9-15-7/h1-2,4H,3,5H2,(H,13,14). The van der Waals surface area contributed by atoms with Crippen LogP contribution < -0.4 is 0 Å². The Kier molecular flexibility index (Phi) is 2.44. The quantitative estimate of drug-likeness (QED) is 0.756.